The van der Waals surface area contributed by atoms with Crippen LogP contribution in [0.15, 0.2) is 78.9 Å². The second-order valence-corrected chi connectivity index (χ2v) is 7.37. The maximum absolute atomic E-state index is 10.8. The monoisotopic (exact) mass is 449 g/mol. The van der Waals surface area contributed by atoms with E-state index in [4.69, 9.17) is 30.9 Å². The number of nitrogens with zero attached hydrogens (tertiary/aromatic N) is 1. The highest BCUT2D eigenvalue weighted by molar-refractivity contribution is 6.32. The zero-order chi connectivity index (χ0) is 22.3. The maximum Gasteiger partial charge on any atom is 0.341 e. The van der Waals surface area contributed by atoms with Crippen molar-refractivity contribution < 1.29 is 24.1 Å². The van der Waals surface area contributed by atoms with Crippen molar-refractivity contribution in [3.8, 4) is 17.2 Å². The smallest absolute Gasteiger partial charge is 0.341 e. The first-order valence-electron chi connectivity index (χ1n) is 9.91. The highest BCUT2D eigenvalue weighted by atomic mass is 35.5. The molecule has 4 rings (SSSR count). The maximum atomic E-state index is 10.8. The number of carboxylic acids is 1. The van der Waals surface area contributed by atoms with Crippen LogP contribution in [-0.4, -0.2) is 22.7 Å². The number of aromatic nitrogens is 1. The van der Waals surface area contributed by atoms with E-state index in [-0.39, 0.29) is 17.4 Å². The second-order valence-electron chi connectivity index (χ2n) is 6.97. The van der Waals surface area contributed by atoms with Crippen LogP contribution < -0.4 is 14.2 Å². The number of benzene rings is 3. The third-order valence-corrected chi connectivity index (χ3v) is 4.93. The molecule has 0 aliphatic heterocycles. The van der Waals surface area contributed by atoms with E-state index < -0.39 is 12.6 Å². The van der Waals surface area contributed by atoms with E-state index in [1.54, 1.807) is 18.2 Å². The fourth-order valence-electron chi connectivity index (χ4n) is 3.07. The van der Waals surface area contributed by atoms with Crippen LogP contribution in [0.1, 0.15) is 11.3 Å². The molecular weight excluding hydrogens is 430 g/mol. The third kappa shape index (κ3) is 5.47. The number of halogens is 1. The predicted octanol–water partition coefficient (Wildman–Crippen LogP) is 5.51. The fraction of sp³-hybridized carbons (Fsp3) is 0.120. The van der Waals surface area contributed by atoms with Crippen molar-refractivity contribution in [2.75, 3.05) is 6.61 Å². The second kappa shape index (κ2) is 10.0. The van der Waals surface area contributed by atoms with Gasteiger partial charge in [-0.1, -0.05) is 54.1 Å². The van der Waals surface area contributed by atoms with E-state index in [1.165, 1.54) is 0 Å². The topological polar surface area (TPSA) is 77.9 Å². The van der Waals surface area contributed by atoms with Gasteiger partial charge < -0.3 is 19.3 Å². The quantitative estimate of drug-likeness (QED) is 0.363. The number of fused-ring (bicyclic) bond motifs is 1. The number of carboxylic acid groups (broad SMARTS) is 1. The summed E-state index contributed by atoms with van der Waals surface area (Å²) in [7, 11) is 0. The Hall–Kier alpha value is -3.77. The summed E-state index contributed by atoms with van der Waals surface area (Å²) in [4.78, 5) is 15.4. The van der Waals surface area contributed by atoms with Gasteiger partial charge >= 0.3 is 5.97 Å². The largest absolute Gasteiger partial charge is 0.487 e. The minimum Gasteiger partial charge on any atom is -0.487 e. The van der Waals surface area contributed by atoms with E-state index in [1.807, 2.05) is 60.7 Å². The lowest BCUT2D eigenvalue weighted by molar-refractivity contribution is -0.139. The molecule has 32 heavy (non-hydrogen) atoms. The molecule has 0 amide bonds. The summed E-state index contributed by atoms with van der Waals surface area (Å²) in [5.74, 6) is 0.211. The first kappa shape index (κ1) is 21.5. The molecule has 1 N–H and O–H groups in total. The van der Waals surface area contributed by atoms with Crippen LogP contribution >= 0.6 is 11.6 Å². The molecule has 162 valence electrons. The van der Waals surface area contributed by atoms with Crippen molar-refractivity contribution in [2.24, 2.45) is 0 Å². The van der Waals surface area contributed by atoms with Crippen molar-refractivity contribution >= 4 is 28.5 Å². The highest BCUT2D eigenvalue weighted by Crippen LogP contribution is 2.35. The van der Waals surface area contributed by atoms with E-state index in [0.717, 1.165) is 27.9 Å². The van der Waals surface area contributed by atoms with Crippen LogP contribution in [-0.2, 0) is 18.0 Å². The molecule has 4 aromatic rings. The van der Waals surface area contributed by atoms with Gasteiger partial charge in [-0.3, -0.25) is 0 Å². The summed E-state index contributed by atoms with van der Waals surface area (Å²) in [5.41, 5.74) is 2.70. The third-order valence-electron chi connectivity index (χ3n) is 4.63. The Morgan fingerprint density at radius 3 is 2.47 bits per heavy atom. The van der Waals surface area contributed by atoms with Crippen LogP contribution in [0, 0.1) is 0 Å². The van der Waals surface area contributed by atoms with Gasteiger partial charge in [0.15, 0.2) is 18.1 Å². The number of hydrogen-bond acceptors (Lipinski definition) is 5. The van der Waals surface area contributed by atoms with E-state index >= 15 is 0 Å². The lowest BCUT2D eigenvalue weighted by Crippen LogP contribution is -2.10. The minimum atomic E-state index is -1.09. The molecule has 0 spiro atoms. The Morgan fingerprint density at radius 2 is 1.66 bits per heavy atom. The van der Waals surface area contributed by atoms with Gasteiger partial charge in [-0.05, 0) is 42.0 Å². The van der Waals surface area contributed by atoms with Gasteiger partial charge in [0, 0.05) is 5.39 Å². The first-order valence-corrected chi connectivity index (χ1v) is 10.3. The summed E-state index contributed by atoms with van der Waals surface area (Å²) in [6, 6.07) is 24.5. The van der Waals surface area contributed by atoms with Gasteiger partial charge in [0.2, 0.25) is 0 Å². The summed E-state index contributed by atoms with van der Waals surface area (Å²) in [5, 5.41) is 10.2. The lowest BCUT2D eigenvalue weighted by atomic mass is 10.2. The average molecular weight is 450 g/mol. The molecular formula is C25H20ClNO5. The van der Waals surface area contributed by atoms with Crippen LogP contribution in [0.2, 0.25) is 5.02 Å². The molecule has 7 heteroatoms. The zero-order valence-electron chi connectivity index (χ0n) is 17.0. The molecule has 0 aliphatic rings. The molecule has 6 nitrogen and oxygen atoms in total. The molecule has 0 atom stereocenters. The molecule has 0 saturated carbocycles. The summed E-state index contributed by atoms with van der Waals surface area (Å²) in [6.07, 6.45) is 0. The van der Waals surface area contributed by atoms with Crippen LogP contribution in [0.5, 0.6) is 17.2 Å². The predicted molar refractivity (Wildman–Crippen MR) is 121 cm³/mol. The van der Waals surface area contributed by atoms with Gasteiger partial charge in [0.05, 0.1) is 16.2 Å². The molecule has 0 fully saturated rings. The standard InChI is InChI=1S/C25H20ClNO5/c26-21-5-3-7-23(25(21)32-16-24(28)29)31-14-17-8-12-20(13-9-17)30-15-19-11-10-18-4-1-2-6-22(18)27-19/h1-13H,14-16H2,(H,28,29). The van der Waals surface area contributed by atoms with Crippen molar-refractivity contribution in [1.29, 1.82) is 0 Å². The number of hydrogen-bond donors (Lipinski definition) is 1. The van der Waals surface area contributed by atoms with E-state index in [9.17, 15) is 4.79 Å². The molecule has 0 unspecified atom stereocenters. The van der Waals surface area contributed by atoms with Crippen molar-refractivity contribution in [3.05, 3.63) is 95.1 Å². The average Bonchev–Trinajstić information content (AvgIpc) is 2.81. The van der Waals surface area contributed by atoms with E-state index in [0.29, 0.717) is 12.4 Å². The normalized spacial score (nSPS) is 10.7. The number of ether oxygens (including phenoxy) is 3. The number of carbonyl (C=O) groups is 1. The Labute approximate surface area is 190 Å². The Morgan fingerprint density at radius 1 is 0.844 bits per heavy atom. The molecule has 0 bridgehead atoms. The van der Waals surface area contributed by atoms with Crippen LogP contribution in [0.4, 0.5) is 0 Å². The Bertz CT molecular complexity index is 1230. The zero-order valence-corrected chi connectivity index (χ0v) is 17.8. The fourth-order valence-corrected chi connectivity index (χ4v) is 3.29. The van der Waals surface area contributed by atoms with Crippen molar-refractivity contribution in [1.82, 2.24) is 4.98 Å². The summed E-state index contributed by atoms with van der Waals surface area (Å²) >= 11 is 6.11. The van der Waals surface area contributed by atoms with Crippen molar-refractivity contribution in [2.45, 2.75) is 13.2 Å². The SMILES string of the molecule is O=C(O)COc1c(Cl)cccc1OCc1ccc(OCc2ccc3ccccc3n2)cc1. The number of pyridine rings is 1. The molecule has 1 aromatic heterocycles. The minimum absolute atomic E-state index is 0.208. The van der Waals surface area contributed by atoms with E-state index in [2.05, 4.69) is 4.98 Å². The summed E-state index contributed by atoms with van der Waals surface area (Å²) in [6.45, 7) is 0.127. The number of para-hydroxylation sites is 2. The van der Waals surface area contributed by atoms with Gasteiger partial charge in [-0.25, -0.2) is 9.78 Å². The van der Waals surface area contributed by atoms with Gasteiger partial charge in [0.25, 0.3) is 0 Å². The van der Waals surface area contributed by atoms with Crippen LogP contribution in [0.25, 0.3) is 10.9 Å². The van der Waals surface area contributed by atoms with Crippen LogP contribution in [0.3, 0.4) is 0 Å². The number of rotatable bonds is 9. The molecule has 0 aliphatic carbocycles. The van der Waals surface area contributed by atoms with Gasteiger partial charge in [-0.15, -0.1) is 0 Å². The first-order chi connectivity index (χ1) is 15.6. The molecule has 1 heterocycles. The Kier molecular flexibility index (Phi) is 6.72. The highest BCUT2D eigenvalue weighted by Gasteiger charge is 2.12. The molecule has 0 saturated heterocycles. The van der Waals surface area contributed by atoms with Gasteiger partial charge in [0.1, 0.15) is 19.0 Å². The molecule has 3 aromatic carbocycles. The summed E-state index contributed by atoms with van der Waals surface area (Å²) < 4.78 is 16.9. The Balaban J connectivity index is 1.35. The molecule has 0 radical (unpaired) electrons. The van der Waals surface area contributed by atoms with Gasteiger partial charge in [-0.2, -0.15) is 0 Å². The number of aliphatic carboxylic acids is 1. The lowest BCUT2D eigenvalue weighted by Gasteiger charge is -2.13. The van der Waals surface area contributed by atoms with Crippen molar-refractivity contribution in [3.63, 3.8) is 0 Å².